The maximum Gasteiger partial charge on any atom is 0.337 e. The maximum absolute atomic E-state index is 11.9. The first kappa shape index (κ1) is 13.7. The van der Waals surface area contributed by atoms with Crippen molar-refractivity contribution >= 4 is 17.6 Å². The number of nitrogens with zero attached hydrogens (tertiary/aromatic N) is 1. The van der Waals surface area contributed by atoms with Crippen molar-refractivity contribution in [3.05, 3.63) is 59.9 Å². The second kappa shape index (κ2) is 6.47. The molecule has 0 unspecified atom stereocenters. The van der Waals surface area contributed by atoms with E-state index in [4.69, 9.17) is 0 Å². The summed E-state index contributed by atoms with van der Waals surface area (Å²) in [6.07, 6.45) is 3.53. The van der Waals surface area contributed by atoms with Crippen LogP contribution in [-0.4, -0.2) is 24.0 Å². The second-order valence-electron chi connectivity index (χ2n) is 4.15. The fourth-order valence-corrected chi connectivity index (χ4v) is 1.73. The Kier molecular flexibility index (Phi) is 4.44. The van der Waals surface area contributed by atoms with Gasteiger partial charge in [0.2, 0.25) is 5.91 Å². The number of hydrogen-bond donors (Lipinski definition) is 1. The standard InChI is InChI=1S/C15H14N2O3/c1-20-15(19)12-3-2-4-13(10-12)17-14(18)9-11-5-7-16-8-6-11/h2-8,10H,9H2,1H3,(H,17,18). The average molecular weight is 270 g/mol. The van der Waals surface area contributed by atoms with Crippen molar-refractivity contribution in [2.45, 2.75) is 6.42 Å². The van der Waals surface area contributed by atoms with Gasteiger partial charge in [0.25, 0.3) is 0 Å². The van der Waals surface area contributed by atoms with Gasteiger partial charge in [-0.3, -0.25) is 9.78 Å². The van der Waals surface area contributed by atoms with E-state index in [2.05, 4.69) is 15.0 Å². The van der Waals surface area contributed by atoms with E-state index in [9.17, 15) is 9.59 Å². The van der Waals surface area contributed by atoms with Crippen LogP contribution in [0.1, 0.15) is 15.9 Å². The van der Waals surface area contributed by atoms with Gasteiger partial charge < -0.3 is 10.1 Å². The van der Waals surface area contributed by atoms with Gasteiger partial charge in [0.15, 0.2) is 0 Å². The molecule has 0 aliphatic heterocycles. The minimum absolute atomic E-state index is 0.154. The summed E-state index contributed by atoms with van der Waals surface area (Å²) in [5.41, 5.74) is 1.84. The van der Waals surface area contributed by atoms with Crippen molar-refractivity contribution < 1.29 is 14.3 Å². The molecule has 0 aliphatic rings. The van der Waals surface area contributed by atoms with Gasteiger partial charge in [-0.05, 0) is 35.9 Å². The van der Waals surface area contributed by atoms with Crippen LogP contribution < -0.4 is 5.32 Å². The molecule has 5 heteroatoms. The topological polar surface area (TPSA) is 68.3 Å². The number of methoxy groups -OCH3 is 1. The summed E-state index contributed by atoms with van der Waals surface area (Å²) >= 11 is 0. The smallest absolute Gasteiger partial charge is 0.337 e. The first-order valence-corrected chi connectivity index (χ1v) is 6.06. The lowest BCUT2D eigenvalue weighted by molar-refractivity contribution is -0.115. The van der Waals surface area contributed by atoms with Gasteiger partial charge in [-0.2, -0.15) is 0 Å². The number of esters is 1. The van der Waals surface area contributed by atoms with Gasteiger partial charge in [-0.15, -0.1) is 0 Å². The summed E-state index contributed by atoms with van der Waals surface area (Å²) in [4.78, 5) is 27.2. The highest BCUT2D eigenvalue weighted by Gasteiger charge is 2.08. The largest absolute Gasteiger partial charge is 0.465 e. The lowest BCUT2D eigenvalue weighted by atomic mass is 10.1. The number of ether oxygens (including phenoxy) is 1. The molecule has 1 heterocycles. The first-order chi connectivity index (χ1) is 9.69. The quantitative estimate of drug-likeness (QED) is 0.863. The van der Waals surface area contributed by atoms with Crippen molar-refractivity contribution in [1.29, 1.82) is 0 Å². The molecule has 102 valence electrons. The van der Waals surface area contributed by atoms with E-state index < -0.39 is 5.97 Å². The number of carbonyl (C=O) groups is 2. The SMILES string of the molecule is COC(=O)c1cccc(NC(=O)Cc2ccncc2)c1. The summed E-state index contributed by atoms with van der Waals surface area (Å²) in [5, 5.41) is 2.74. The number of carbonyl (C=O) groups excluding carboxylic acids is 2. The minimum Gasteiger partial charge on any atom is -0.465 e. The van der Waals surface area contributed by atoms with Crippen molar-refractivity contribution in [3.63, 3.8) is 0 Å². The number of nitrogens with one attached hydrogen (secondary N) is 1. The van der Waals surface area contributed by atoms with E-state index >= 15 is 0 Å². The molecule has 0 atom stereocenters. The predicted molar refractivity (Wildman–Crippen MR) is 74.4 cm³/mol. The zero-order valence-corrected chi connectivity index (χ0v) is 11.0. The first-order valence-electron chi connectivity index (χ1n) is 6.06. The molecule has 1 aromatic carbocycles. The van der Waals surface area contributed by atoms with Gasteiger partial charge in [-0.1, -0.05) is 6.07 Å². The van der Waals surface area contributed by atoms with Crippen LogP contribution in [0.3, 0.4) is 0 Å². The summed E-state index contributed by atoms with van der Waals surface area (Å²) in [7, 11) is 1.32. The van der Waals surface area contributed by atoms with Gasteiger partial charge in [0.05, 0.1) is 19.1 Å². The number of hydrogen-bond acceptors (Lipinski definition) is 4. The van der Waals surface area contributed by atoms with E-state index in [1.54, 1.807) is 48.8 Å². The average Bonchev–Trinajstić information content (AvgIpc) is 2.47. The molecule has 1 aromatic heterocycles. The fourth-order valence-electron chi connectivity index (χ4n) is 1.73. The van der Waals surface area contributed by atoms with Crippen LogP contribution in [0.2, 0.25) is 0 Å². The number of benzene rings is 1. The Morgan fingerprint density at radius 3 is 2.65 bits per heavy atom. The zero-order valence-electron chi connectivity index (χ0n) is 11.0. The molecule has 2 rings (SSSR count). The zero-order chi connectivity index (χ0) is 14.4. The molecule has 2 aromatic rings. The van der Waals surface area contributed by atoms with Crippen molar-refractivity contribution in [2.24, 2.45) is 0 Å². The molecule has 0 spiro atoms. The number of rotatable bonds is 4. The molecule has 0 saturated carbocycles. The van der Waals surface area contributed by atoms with E-state index in [1.807, 2.05) is 0 Å². The third-order valence-corrected chi connectivity index (χ3v) is 2.68. The molecular formula is C15H14N2O3. The Balaban J connectivity index is 2.03. The summed E-state index contributed by atoms with van der Waals surface area (Å²) in [6.45, 7) is 0. The van der Waals surface area contributed by atoms with Crippen molar-refractivity contribution in [1.82, 2.24) is 4.98 Å². The molecule has 1 amide bonds. The third-order valence-electron chi connectivity index (χ3n) is 2.68. The van der Waals surface area contributed by atoms with E-state index in [1.165, 1.54) is 7.11 Å². The van der Waals surface area contributed by atoms with E-state index in [0.29, 0.717) is 11.3 Å². The number of anilines is 1. The second-order valence-corrected chi connectivity index (χ2v) is 4.15. The van der Waals surface area contributed by atoms with Crippen LogP contribution in [0.25, 0.3) is 0 Å². The molecule has 1 N–H and O–H groups in total. The normalized spacial score (nSPS) is 9.85. The highest BCUT2D eigenvalue weighted by Crippen LogP contribution is 2.12. The summed E-state index contributed by atoms with van der Waals surface area (Å²) in [5.74, 6) is -0.589. The molecule has 20 heavy (non-hydrogen) atoms. The Morgan fingerprint density at radius 2 is 1.95 bits per heavy atom. The Labute approximate surface area is 116 Å². The van der Waals surface area contributed by atoms with Crippen LogP contribution >= 0.6 is 0 Å². The molecule has 5 nitrogen and oxygen atoms in total. The van der Waals surface area contributed by atoms with Gasteiger partial charge >= 0.3 is 5.97 Å². The number of pyridine rings is 1. The summed E-state index contributed by atoms with van der Waals surface area (Å²) in [6, 6.07) is 10.2. The predicted octanol–water partition coefficient (Wildman–Crippen LogP) is 2.05. The van der Waals surface area contributed by atoms with Gasteiger partial charge in [0.1, 0.15) is 0 Å². The lowest BCUT2D eigenvalue weighted by Gasteiger charge is -2.06. The Morgan fingerprint density at radius 1 is 1.20 bits per heavy atom. The van der Waals surface area contributed by atoms with Crippen LogP contribution in [-0.2, 0) is 16.0 Å². The highest BCUT2D eigenvalue weighted by molar-refractivity contribution is 5.95. The molecule has 0 saturated heterocycles. The van der Waals surface area contributed by atoms with Crippen LogP contribution in [0, 0.1) is 0 Å². The van der Waals surface area contributed by atoms with Gasteiger partial charge in [0, 0.05) is 18.1 Å². The van der Waals surface area contributed by atoms with E-state index in [0.717, 1.165) is 5.56 Å². The Hall–Kier alpha value is -2.69. The van der Waals surface area contributed by atoms with Crippen molar-refractivity contribution in [3.8, 4) is 0 Å². The van der Waals surface area contributed by atoms with Gasteiger partial charge in [-0.25, -0.2) is 4.79 Å². The summed E-state index contributed by atoms with van der Waals surface area (Å²) < 4.78 is 4.63. The highest BCUT2D eigenvalue weighted by atomic mass is 16.5. The molecule has 0 bridgehead atoms. The molecular weight excluding hydrogens is 256 g/mol. The van der Waals surface area contributed by atoms with Crippen LogP contribution in [0.4, 0.5) is 5.69 Å². The van der Waals surface area contributed by atoms with Crippen LogP contribution in [0.5, 0.6) is 0 Å². The lowest BCUT2D eigenvalue weighted by Crippen LogP contribution is -2.14. The molecule has 0 radical (unpaired) electrons. The maximum atomic E-state index is 11.9. The fraction of sp³-hybridized carbons (Fsp3) is 0.133. The third kappa shape index (κ3) is 3.65. The molecule has 0 aliphatic carbocycles. The number of amides is 1. The Bertz CT molecular complexity index is 612. The molecule has 0 fully saturated rings. The van der Waals surface area contributed by atoms with Crippen LogP contribution in [0.15, 0.2) is 48.8 Å². The number of aromatic nitrogens is 1. The van der Waals surface area contributed by atoms with Crippen molar-refractivity contribution in [2.75, 3.05) is 12.4 Å². The monoisotopic (exact) mass is 270 g/mol. The minimum atomic E-state index is -0.435. The van der Waals surface area contributed by atoms with E-state index in [-0.39, 0.29) is 12.3 Å².